The maximum absolute atomic E-state index is 12.2. The second-order valence-electron chi connectivity index (χ2n) is 4.70. The van der Waals surface area contributed by atoms with Crippen LogP contribution in [0.4, 0.5) is 11.4 Å². The van der Waals surface area contributed by atoms with Crippen molar-refractivity contribution in [2.45, 2.75) is 26.8 Å². The second-order valence-corrected chi connectivity index (χ2v) is 4.70. The first-order valence-electron chi connectivity index (χ1n) is 6.31. The molecule has 0 aromatic heterocycles. The highest BCUT2D eigenvalue weighted by Gasteiger charge is 2.16. The molecule has 0 heterocycles. The van der Waals surface area contributed by atoms with Crippen LogP contribution in [0.5, 0.6) is 0 Å². The molecule has 1 amide bonds. The predicted octanol–water partition coefficient (Wildman–Crippen LogP) is 1.96. The quantitative estimate of drug-likeness (QED) is 0.812. The number of rotatable bonds is 5. The number of carbonyl (C=O) groups is 1. The molecule has 0 bridgehead atoms. The van der Waals surface area contributed by atoms with E-state index in [0.717, 1.165) is 12.2 Å². The van der Waals surface area contributed by atoms with Crippen LogP contribution < -0.4 is 10.6 Å². The number of carbonyl (C=O) groups excluding carboxylic acids is 1. The average Bonchev–Trinajstić information content (AvgIpc) is 2.35. The predicted molar refractivity (Wildman–Crippen MR) is 76.6 cm³/mol. The summed E-state index contributed by atoms with van der Waals surface area (Å²) in [5, 5.41) is 0. The van der Waals surface area contributed by atoms with Gasteiger partial charge in [-0.3, -0.25) is 9.69 Å². The van der Waals surface area contributed by atoms with E-state index in [-0.39, 0.29) is 5.91 Å². The number of nitrogens with two attached hydrogens (primary N) is 1. The highest BCUT2D eigenvalue weighted by atomic mass is 16.2. The summed E-state index contributed by atoms with van der Waals surface area (Å²) in [5.74, 6) is 0.0929. The van der Waals surface area contributed by atoms with Gasteiger partial charge in [-0.2, -0.15) is 0 Å². The van der Waals surface area contributed by atoms with E-state index in [2.05, 4.69) is 25.7 Å². The molecule has 4 heteroatoms. The van der Waals surface area contributed by atoms with Crippen molar-refractivity contribution in [1.82, 2.24) is 4.90 Å². The van der Waals surface area contributed by atoms with Crippen molar-refractivity contribution >= 4 is 17.3 Å². The molecule has 0 saturated heterocycles. The molecule has 18 heavy (non-hydrogen) atoms. The first-order valence-corrected chi connectivity index (χ1v) is 6.31. The van der Waals surface area contributed by atoms with Crippen LogP contribution in [0.2, 0.25) is 0 Å². The Morgan fingerprint density at radius 2 is 1.83 bits per heavy atom. The Balaban J connectivity index is 2.69. The molecule has 1 rings (SSSR count). The van der Waals surface area contributed by atoms with Crippen molar-refractivity contribution in [1.29, 1.82) is 0 Å². The minimum absolute atomic E-state index is 0.0929. The Bertz CT molecular complexity index is 387. The van der Waals surface area contributed by atoms with E-state index >= 15 is 0 Å². The summed E-state index contributed by atoms with van der Waals surface area (Å²) in [5.41, 5.74) is 7.21. The second kappa shape index (κ2) is 6.40. The topological polar surface area (TPSA) is 49.6 Å². The zero-order valence-electron chi connectivity index (χ0n) is 11.7. The van der Waals surface area contributed by atoms with Crippen molar-refractivity contribution in [2.24, 2.45) is 0 Å². The summed E-state index contributed by atoms with van der Waals surface area (Å²) in [6.07, 6.45) is 0. The van der Waals surface area contributed by atoms with Crippen LogP contribution in [0.3, 0.4) is 0 Å². The van der Waals surface area contributed by atoms with E-state index in [4.69, 9.17) is 5.73 Å². The fourth-order valence-corrected chi connectivity index (χ4v) is 1.78. The van der Waals surface area contributed by atoms with E-state index in [1.807, 2.05) is 12.1 Å². The molecule has 0 aliphatic rings. The van der Waals surface area contributed by atoms with Crippen molar-refractivity contribution in [2.75, 3.05) is 30.8 Å². The third-order valence-electron chi connectivity index (χ3n) is 3.13. The minimum atomic E-state index is 0.0929. The van der Waals surface area contributed by atoms with Crippen molar-refractivity contribution in [3.63, 3.8) is 0 Å². The summed E-state index contributed by atoms with van der Waals surface area (Å²) in [6, 6.07) is 7.70. The Morgan fingerprint density at radius 3 is 2.28 bits per heavy atom. The molecule has 0 spiro atoms. The molecule has 4 nitrogen and oxygen atoms in total. The van der Waals surface area contributed by atoms with Crippen molar-refractivity contribution in [3.8, 4) is 0 Å². The highest BCUT2D eigenvalue weighted by Crippen LogP contribution is 2.15. The maximum Gasteiger partial charge on any atom is 0.240 e. The van der Waals surface area contributed by atoms with E-state index in [0.29, 0.717) is 18.3 Å². The van der Waals surface area contributed by atoms with Crippen LogP contribution >= 0.6 is 0 Å². The zero-order chi connectivity index (χ0) is 13.7. The monoisotopic (exact) mass is 249 g/mol. The molecule has 0 saturated carbocycles. The number of hydrogen-bond donors (Lipinski definition) is 1. The number of anilines is 2. The smallest absolute Gasteiger partial charge is 0.240 e. The molecule has 0 atom stereocenters. The van der Waals surface area contributed by atoms with Gasteiger partial charge in [-0.05, 0) is 44.7 Å². The standard InChI is InChI=1S/C14H23N3O/c1-5-17(11(2)3)10-14(18)16(4)13-8-6-12(15)7-9-13/h6-9,11H,5,10,15H2,1-4H3. The number of nitrogen functional groups attached to an aromatic ring is 1. The largest absolute Gasteiger partial charge is 0.399 e. The fourth-order valence-electron chi connectivity index (χ4n) is 1.78. The molecule has 2 N–H and O–H groups in total. The Morgan fingerprint density at radius 1 is 1.28 bits per heavy atom. The van der Waals surface area contributed by atoms with Gasteiger partial charge in [-0.25, -0.2) is 0 Å². The van der Waals surface area contributed by atoms with Gasteiger partial charge < -0.3 is 10.6 Å². The first kappa shape index (κ1) is 14.5. The molecule has 0 aliphatic heterocycles. The minimum Gasteiger partial charge on any atom is -0.399 e. The number of nitrogens with zero attached hydrogens (tertiary/aromatic N) is 2. The average molecular weight is 249 g/mol. The third kappa shape index (κ3) is 3.74. The lowest BCUT2D eigenvalue weighted by Gasteiger charge is -2.27. The van der Waals surface area contributed by atoms with Crippen molar-refractivity contribution < 1.29 is 4.79 Å². The summed E-state index contributed by atoms with van der Waals surface area (Å²) < 4.78 is 0. The summed E-state index contributed by atoms with van der Waals surface area (Å²) >= 11 is 0. The van der Waals surface area contributed by atoms with Gasteiger partial charge in [0.05, 0.1) is 6.54 Å². The first-order chi connectivity index (χ1) is 8.45. The van der Waals surface area contributed by atoms with Crippen molar-refractivity contribution in [3.05, 3.63) is 24.3 Å². The lowest BCUT2D eigenvalue weighted by atomic mass is 10.2. The van der Waals surface area contributed by atoms with Gasteiger partial charge in [0.2, 0.25) is 5.91 Å². The molecule has 0 aliphatic carbocycles. The van der Waals surface area contributed by atoms with E-state index < -0.39 is 0 Å². The van der Waals surface area contributed by atoms with Gasteiger partial charge in [0.15, 0.2) is 0 Å². The number of benzene rings is 1. The highest BCUT2D eigenvalue weighted by molar-refractivity contribution is 5.94. The van der Waals surface area contributed by atoms with E-state index in [1.54, 1.807) is 24.1 Å². The molecule has 0 radical (unpaired) electrons. The Hall–Kier alpha value is -1.55. The summed E-state index contributed by atoms with van der Waals surface area (Å²) in [7, 11) is 1.79. The molecule has 0 unspecified atom stereocenters. The zero-order valence-corrected chi connectivity index (χ0v) is 11.7. The number of hydrogen-bond acceptors (Lipinski definition) is 3. The molecule has 100 valence electrons. The van der Waals surface area contributed by atoms with E-state index in [1.165, 1.54) is 0 Å². The van der Waals surface area contributed by atoms with Gasteiger partial charge in [-0.15, -0.1) is 0 Å². The van der Waals surface area contributed by atoms with Crippen LogP contribution in [0.1, 0.15) is 20.8 Å². The Labute approximate surface area is 109 Å². The van der Waals surface area contributed by atoms with Crippen LogP contribution in [0.15, 0.2) is 24.3 Å². The molecule has 1 aromatic carbocycles. The number of likely N-dealkylation sites (N-methyl/N-ethyl adjacent to an activating group) is 2. The van der Waals surface area contributed by atoms with Crippen LogP contribution in [0.25, 0.3) is 0 Å². The normalized spacial score (nSPS) is 11.0. The summed E-state index contributed by atoms with van der Waals surface area (Å²) in [4.78, 5) is 16.0. The lowest BCUT2D eigenvalue weighted by molar-refractivity contribution is -0.119. The van der Waals surface area contributed by atoms with Gasteiger partial charge in [0.1, 0.15) is 0 Å². The van der Waals surface area contributed by atoms with Gasteiger partial charge in [-0.1, -0.05) is 6.92 Å². The lowest BCUT2D eigenvalue weighted by Crippen LogP contribution is -2.41. The number of amides is 1. The van der Waals surface area contributed by atoms with Crippen LogP contribution in [0, 0.1) is 0 Å². The Kier molecular flexibility index (Phi) is 5.16. The van der Waals surface area contributed by atoms with Crippen LogP contribution in [-0.4, -0.2) is 37.0 Å². The van der Waals surface area contributed by atoms with Gasteiger partial charge in [0, 0.05) is 24.5 Å². The molecule has 0 fully saturated rings. The van der Waals surface area contributed by atoms with Gasteiger partial charge in [0.25, 0.3) is 0 Å². The third-order valence-corrected chi connectivity index (χ3v) is 3.13. The SMILES string of the molecule is CCN(CC(=O)N(C)c1ccc(N)cc1)C(C)C. The molecular weight excluding hydrogens is 226 g/mol. The van der Waals surface area contributed by atoms with E-state index in [9.17, 15) is 4.79 Å². The van der Waals surface area contributed by atoms with Crippen LogP contribution in [-0.2, 0) is 4.79 Å². The maximum atomic E-state index is 12.2. The van der Waals surface area contributed by atoms with Gasteiger partial charge >= 0.3 is 0 Å². The summed E-state index contributed by atoms with van der Waals surface area (Å²) in [6.45, 7) is 7.57. The molecular formula is C14H23N3O. The fraction of sp³-hybridized carbons (Fsp3) is 0.500. The molecule has 1 aromatic rings.